The van der Waals surface area contributed by atoms with Crippen LogP contribution in [0.15, 0.2) is 60.3 Å². The second kappa shape index (κ2) is 26.5. The van der Waals surface area contributed by atoms with Gasteiger partial charge in [-0.1, -0.05) is 109 Å². The van der Waals surface area contributed by atoms with Gasteiger partial charge in [-0.05, 0) is 84.5 Å². The van der Waals surface area contributed by atoms with Crippen LogP contribution in [0.4, 0.5) is 0 Å². The molecule has 1 amide bonds. The summed E-state index contributed by atoms with van der Waals surface area (Å²) in [6.45, 7) is 9.93. The molecule has 8 nitrogen and oxygen atoms in total. The molecule has 1 aliphatic rings. The van der Waals surface area contributed by atoms with Gasteiger partial charge < -0.3 is 25.0 Å². The van der Waals surface area contributed by atoms with Gasteiger partial charge in [0.2, 0.25) is 5.91 Å². The molecule has 1 heterocycles. The van der Waals surface area contributed by atoms with Gasteiger partial charge in [0.05, 0.1) is 13.0 Å². The second-order valence-corrected chi connectivity index (χ2v) is 16.6. The lowest BCUT2D eigenvalue weighted by molar-refractivity contribution is -0.189. The maximum absolute atomic E-state index is 13.0. The summed E-state index contributed by atoms with van der Waals surface area (Å²) in [4.78, 5) is 36.5. The molecule has 3 atom stereocenters. The average Bonchev–Trinajstić information content (AvgIpc) is 3.48. The van der Waals surface area contributed by atoms with Gasteiger partial charge in [0.1, 0.15) is 6.10 Å². The summed E-state index contributed by atoms with van der Waals surface area (Å²) in [6, 6.07) is 0. The van der Waals surface area contributed by atoms with E-state index >= 15 is 0 Å². The summed E-state index contributed by atoms with van der Waals surface area (Å²) < 4.78 is 11.6. The van der Waals surface area contributed by atoms with Crippen LogP contribution in [0.3, 0.4) is 0 Å². The van der Waals surface area contributed by atoms with E-state index in [9.17, 15) is 19.5 Å². The molecule has 0 aromatic rings. The number of aliphatic hydroxyl groups is 1. The van der Waals surface area contributed by atoms with Crippen molar-refractivity contribution < 1.29 is 34.1 Å². The van der Waals surface area contributed by atoms with Gasteiger partial charge in [0.25, 0.3) is 0 Å². The Morgan fingerprint density at radius 1 is 0.959 bits per heavy atom. The third kappa shape index (κ3) is 22.9. The van der Waals surface area contributed by atoms with Crippen LogP contribution < -0.4 is 5.32 Å². The van der Waals surface area contributed by atoms with Crippen molar-refractivity contribution in [3.05, 3.63) is 60.3 Å². The van der Waals surface area contributed by atoms with Crippen molar-refractivity contribution >= 4 is 39.4 Å². The molecule has 0 bridgehead atoms. The molecule has 3 N–H and O–H groups in total. The fraction of sp³-hybridized carbons (Fsp3) is 0.667. The summed E-state index contributed by atoms with van der Waals surface area (Å²) in [5, 5.41) is 22.2. The lowest BCUT2D eigenvalue weighted by Crippen LogP contribution is -2.49. The average molecular weight is 722 g/mol. The molecule has 0 radical (unpaired) electrons. The lowest BCUT2D eigenvalue weighted by Gasteiger charge is -2.34. The fourth-order valence-electron chi connectivity index (χ4n) is 5.09. The Morgan fingerprint density at radius 3 is 2.22 bits per heavy atom. The molecule has 1 fully saturated rings. The molecule has 0 aromatic carbocycles. The topological polar surface area (TPSA) is 122 Å². The normalized spacial score (nSPS) is 18.6. The monoisotopic (exact) mass is 721 g/mol. The van der Waals surface area contributed by atoms with E-state index < -0.39 is 29.7 Å². The van der Waals surface area contributed by atoms with Crippen LogP contribution in [-0.2, 0) is 23.9 Å². The molecule has 3 unspecified atom stereocenters. The van der Waals surface area contributed by atoms with Gasteiger partial charge in [-0.3, -0.25) is 14.4 Å². The van der Waals surface area contributed by atoms with E-state index in [2.05, 4.69) is 80.8 Å². The van der Waals surface area contributed by atoms with E-state index in [-0.39, 0.29) is 36.7 Å². The van der Waals surface area contributed by atoms with Crippen molar-refractivity contribution in [1.82, 2.24) is 5.32 Å². The van der Waals surface area contributed by atoms with Crippen LogP contribution in [-0.4, -0.2) is 64.1 Å². The third-order valence-corrected chi connectivity index (χ3v) is 11.5. The Morgan fingerprint density at radius 2 is 1.61 bits per heavy atom. The zero-order valence-corrected chi connectivity index (χ0v) is 32.3. The number of nitrogens with one attached hydrogen (secondary N) is 1. The number of aliphatic carboxylic acids is 1. The first kappa shape index (κ1) is 44.8. The highest BCUT2D eigenvalue weighted by atomic mass is 33.1. The number of hydrogen-bond acceptors (Lipinski definition) is 8. The molecule has 1 saturated heterocycles. The number of esters is 1. The highest BCUT2D eigenvalue weighted by molar-refractivity contribution is 8.77. The largest absolute Gasteiger partial charge is 0.481 e. The fourth-order valence-corrected chi connectivity index (χ4v) is 8.39. The number of amides is 1. The van der Waals surface area contributed by atoms with Crippen LogP contribution in [0.2, 0.25) is 0 Å². The first-order chi connectivity index (χ1) is 23.4. The van der Waals surface area contributed by atoms with E-state index in [4.69, 9.17) is 14.6 Å². The number of ether oxygens (including phenoxy) is 2. The first-order valence-corrected chi connectivity index (χ1v) is 20.3. The van der Waals surface area contributed by atoms with Crippen LogP contribution in [0.1, 0.15) is 125 Å². The van der Waals surface area contributed by atoms with Crippen LogP contribution in [0.5, 0.6) is 0 Å². The molecule has 0 spiro atoms. The highest BCUT2D eigenvalue weighted by Crippen LogP contribution is 2.49. The van der Waals surface area contributed by atoms with Crippen molar-refractivity contribution in [2.45, 2.75) is 142 Å². The number of carboxylic acid groups (broad SMARTS) is 1. The number of allylic oxidation sites excluding steroid dienone is 10. The van der Waals surface area contributed by atoms with Crippen molar-refractivity contribution in [2.24, 2.45) is 5.41 Å². The number of rotatable bonds is 27. The third-order valence-electron chi connectivity index (χ3n) is 8.09. The van der Waals surface area contributed by atoms with E-state index in [1.807, 2.05) is 21.6 Å². The highest BCUT2D eigenvalue weighted by Gasteiger charge is 2.39. The number of carboxylic acids is 1. The SMILES string of the molecule is CCC=C(C)CC=CCC=CCC=CCC=CCCCC(=O)OCC(C)(C)C(OC(O)CCCCC1(C)CCSS1)C(=O)NCCC(=O)O. The summed E-state index contributed by atoms with van der Waals surface area (Å²) in [5.41, 5.74) is 0.451. The maximum Gasteiger partial charge on any atom is 0.305 e. The zero-order valence-electron chi connectivity index (χ0n) is 30.6. The number of aliphatic hydroxyl groups excluding tert-OH is 1. The molecule has 278 valence electrons. The minimum absolute atomic E-state index is 0.0656. The van der Waals surface area contributed by atoms with E-state index in [1.54, 1.807) is 13.8 Å². The molecule has 1 rings (SSSR count). The van der Waals surface area contributed by atoms with Gasteiger partial charge in [-0.2, -0.15) is 0 Å². The lowest BCUT2D eigenvalue weighted by atomic mass is 9.86. The Kier molecular flexibility index (Phi) is 24.2. The van der Waals surface area contributed by atoms with Gasteiger partial charge >= 0.3 is 11.9 Å². The maximum atomic E-state index is 13.0. The van der Waals surface area contributed by atoms with Crippen molar-refractivity contribution in [1.29, 1.82) is 0 Å². The number of carbonyl (C=O) groups excluding carboxylic acids is 2. The predicted octanol–water partition coefficient (Wildman–Crippen LogP) is 9.27. The van der Waals surface area contributed by atoms with Crippen LogP contribution in [0, 0.1) is 5.41 Å². The van der Waals surface area contributed by atoms with E-state index in [1.165, 1.54) is 12.0 Å². The van der Waals surface area contributed by atoms with Gasteiger partial charge in [-0.25, -0.2) is 0 Å². The Bertz CT molecular complexity index is 1110. The quantitative estimate of drug-likeness (QED) is 0.0251. The standard InChI is InChI=1S/C39H63NO7S2/c1-6-22-32(2)23-18-16-14-12-10-8-7-9-11-13-15-17-19-24-34(43)46-31-38(3,4)36(37(45)40-29-26-33(41)42)47-35(44)25-20-21-27-39(5)28-30-48-49-39/h7,9-10,12-13,15-16,18,22,35-36,44H,6,8,11,14,17,19-21,23-31H2,1-5H3,(H,40,45)(H,41,42). The molecular weight excluding hydrogens is 659 g/mol. The molecule has 0 aliphatic carbocycles. The Hall–Kier alpha value is -2.27. The van der Waals surface area contributed by atoms with Gasteiger partial charge in [-0.15, -0.1) is 0 Å². The van der Waals surface area contributed by atoms with Crippen LogP contribution >= 0.6 is 21.6 Å². The summed E-state index contributed by atoms with van der Waals surface area (Å²) in [6.07, 6.45) is 27.7. The number of hydrogen-bond donors (Lipinski definition) is 3. The number of unbranched alkanes of at least 4 members (excludes halogenated alkanes) is 2. The molecule has 49 heavy (non-hydrogen) atoms. The molecule has 1 aliphatic heterocycles. The second-order valence-electron chi connectivity index (χ2n) is 13.6. The smallest absolute Gasteiger partial charge is 0.305 e. The van der Waals surface area contributed by atoms with Gasteiger partial charge in [0, 0.05) is 28.9 Å². The summed E-state index contributed by atoms with van der Waals surface area (Å²) in [5.74, 6) is -0.771. The summed E-state index contributed by atoms with van der Waals surface area (Å²) in [7, 11) is 3.83. The minimum Gasteiger partial charge on any atom is -0.481 e. The molecule has 10 heteroatoms. The molecule has 0 saturated carbocycles. The predicted molar refractivity (Wildman–Crippen MR) is 205 cm³/mol. The van der Waals surface area contributed by atoms with Crippen molar-refractivity contribution in [3.8, 4) is 0 Å². The molecular formula is C39H63NO7S2. The minimum atomic E-state index is -1.17. The Balaban J connectivity index is 2.41. The van der Waals surface area contributed by atoms with E-state index in [0.717, 1.165) is 63.5 Å². The molecule has 0 aromatic heterocycles. The van der Waals surface area contributed by atoms with Crippen LogP contribution in [0.25, 0.3) is 0 Å². The van der Waals surface area contributed by atoms with Gasteiger partial charge in [0.15, 0.2) is 6.29 Å². The first-order valence-electron chi connectivity index (χ1n) is 17.9. The Labute approximate surface area is 304 Å². The van der Waals surface area contributed by atoms with Crippen molar-refractivity contribution in [2.75, 3.05) is 18.9 Å². The van der Waals surface area contributed by atoms with E-state index in [0.29, 0.717) is 12.8 Å². The summed E-state index contributed by atoms with van der Waals surface area (Å²) >= 11 is 0. The zero-order chi connectivity index (χ0) is 36.4. The number of carbonyl (C=O) groups is 3. The van der Waals surface area contributed by atoms with Crippen molar-refractivity contribution in [3.63, 3.8) is 0 Å².